The maximum absolute atomic E-state index is 11.4. The van der Waals surface area contributed by atoms with Gasteiger partial charge in [0.05, 0.1) is 13.0 Å². The summed E-state index contributed by atoms with van der Waals surface area (Å²) in [5, 5.41) is 3.43. The molecule has 21 heavy (non-hydrogen) atoms. The predicted molar refractivity (Wildman–Crippen MR) is 88.6 cm³/mol. The molecule has 0 radical (unpaired) electrons. The highest BCUT2D eigenvalue weighted by Crippen LogP contribution is 2.11. The zero-order valence-electron chi connectivity index (χ0n) is 13.5. The van der Waals surface area contributed by atoms with Gasteiger partial charge in [0, 0.05) is 12.2 Å². The first-order valence-corrected chi connectivity index (χ1v) is 8.24. The molecular formula is C18H29NO2. The van der Waals surface area contributed by atoms with Crippen LogP contribution in [-0.2, 0) is 16.0 Å². The molecule has 0 heterocycles. The molecule has 1 aromatic rings. The van der Waals surface area contributed by atoms with Crippen molar-refractivity contribution in [3.63, 3.8) is 0 Å². The van der Waals surface area contributed by atoms with Crippen molar-refractivity contribution in [2.24, 2.45) is 0 Å². The zero-order valence-corrected chi connectivity index (χ0v) is 13.5. The molecule has 0 aromatic heterocycles. The molecular weight excluding hydrogens is 262 g/mol. The minimum absolute atomic E-state index is 0.162. The zero-order chi connectivity index (χ0) is 15.3. The Balaban J connectivity index is 2.17. The molecule has 1 aromatic carbocycles. The van der Waals surface area contributed by atoms with E-state index in [0.29, 0.717) is 13.0 Å². The summed E-state index contributed by atoms with van der Waals surface area (Å²) in [5.41, 5.74) is 2.12. The first-order chi connectivity index (χ1) is 10.3. The summed E-state index contributed by atoms with van der Waals surface area (Å²) in [5.74, 6) is -0.162. The Morgan fingerprint density at radius 1 is 1.00 bits per heavy atom. The maximum Gasteiger partial charge on any atom is 0.310 e. The number of hydrogen-bond acceptors (Lipinski definition) is 3. The number of anilines is 1. The number of nitrogens with one attached hydrogen (secondary N) is 1. The van der Waals surface area contributed by atoms with Crippen molar-refractivity contribution in [3.05, 3.63) is 29.8 Å². The van der Waals surface area contributed by atoms with Crippen molar-refractivity contribution in [1.29, 1.82) is 0 Å². The number of hydrogen-bond donors (Lipinski definition) is 1. The van der Waals surface area contributed by atoms with Gasteiger partial charge in [-0.05, 0) is 31.0 Å². The molecule has 0 unspecified atom stereocenters. The third-order valence-corrected chi connectivity index (χ3v) is 3.47. The summed E-state index contributed by atoms with van der Waals surface area (Å²) in [4.78, 5) is 11.4. The monoisotopic (exact) mass is 291 g/mol. The van der Waals surface area contributed by atoms with Gasteiger partial charge in [-0.2, -0.15) is 0 Å². The molecule has 0 saturated carbocycles. The van der Waals surface area contributed by atoms with Crippen LogP contribution in [0.5, 0.6) is 0 Å². The fourth-order valence-corrected chi connectivity index (χ4v) is 2.26. The highest BCUT2D eigenvalue weighted by atomic mass is 16.5. The lowest BCUT2D eigenvalue weighted by atomic mass is 10.1. The van der Waals surface area contributed by atoms with E-state index >= 15 is 0 Å². The fourth-order valence-electron chi connectivity index (χ4n) is 2.26. The summed E-state index contributed by atoms with van der Waals surface area (Å²) >= 11 is 0. The van der Waals surface area contributed by atoms with Crippen LogP contribution >= 0.6 is 0 Å². The van der Waals surface area contributed by atoms with Crippen molar-refractivity contribution in [1.82, 2.24) is 0 Å². The Labute approximate surface area is 129 Å². The molecule has 0 aliphatic carbocycles. The van der Waals surface area contributed by atoms with Crippen LogP contribution in [0.15, 0.2) is 24.3 Å². The van der Waals surface area contributed by atoms with Crippen molar-refractivity contribution in [2.75, 3.05) is 18.5 Å². The van der Waals surface area contributed by atoms with Crippen molar-refractivity contribution < 1.29 is 9.53 Å². The van der Waals surface area contributed by atoms with Gasteiger partial charge in [-0.25, -0.2) is 0 Å². The highest BCUT2D eigenvalue weighted by molar-refractivity contribution is 5.72. The van der Waals surface area contributed by atoms with E-state index in [1.54, 1.807) is 0 Å². The highest BCUT2D eigenvalue weighted by Gasteiger charge is 2.03. The van der Waals surface area contributed by atoms with E-state index in [2.05, 4.69) is 12.2 Å². The fraction of sp³-hybridized carbons (Fsp3) is 0.611. The van der Waals surface area contributed by atoms with Crippen molar-refractivity contribution in [3.8, 4) is 0 Å². The summed E-state index contributed by atoms with van der Waals surface area (Å²) in [7, 11) is 0. The van der Waals surface area contributed by atoms with Gasteiger partial charge in [0.25, 0.3) is 0 Å². The number of carbonyl (C=O) groups is 1. The van der Waals surface area contributed by atoms with Crippen LogP contribution in [-0.4, -0.2) is 19.1 Å². The maximum atomic E-state index is 11.4. The smallest absolute Gasteiger partial charge is 0.310 e. The summed E-state index contributed by atoms with van der Waals surface area (Å²) in [6.07, 6.45) is 8.23. The Morgan fingerprint density at radius 2 is 1.67 bits per heavy atom. The number of carbonyl (C=O) groups excluding carboxylic acids is 1. The molecule has 3 nitrogen and oxygen atoms in total. The molecule has 0 aliphatic rings. The minimum Gasteiger partial charge on any atom is -0.466 e. The van der Waals surface area contributed by atoms with E-state index in [9.17, 15) is 4.79 Å². The summed E-state index contributed by atoms with van der Waals surface area (Å²) in [6.45, 7) is 5.53. The molecule has 0 amide bonds. The Bertz CT molecular complexity index is 387. The predicted octanol–water partition coefficient (Wildman–Crippen LogP) is 4.56. The van der Waals surface area contributed by atoms with Gasteiger partial charge in [-0.1, -0.05) is 51.2 Å². The first-order valence-electron chi connectivity index (χ1n) is 8.24. The van der Waals surface area contributed by atoms with Gasteiger partial charge in [-0.15, -0.1) is 0 Å². The molecule has 1 rings (SSSR count). The second-order valence-electron chi connectivity index (χ2n) is 5.37. The third-order valence-electron chi connectivity index (χ3n) is 3.47. The van der Waals surface area contributed by atoms with Gasteiger partial charge in [0.15, 0.2) is 0 Å². The van der Waals surface area contributed by atoms with E-state index < -0.39 is 0 Å². The number of unbranched alkanes of at least 4 members (excludes halogenated alkanes) is 5. The standard InChI is InChI=1S/C18H29NO2/c1-3-5-6-7-8-9-14-19-17-12-10-16(11-13-17)15-18(20)21-4-2/h10-13,19H,3-9,14-15H2,1-2H3. The second kappa shape index (κ2) is 11.2. The van der Waals surface area contributed by atoms with Crippen molar-refractivity contribution in [2.45, 2.75) is 58.8 Å². The van der Waals surface area contributed by atoms with Crippen LogP contribution in [0.1, 0.15) is 57.9 Å². The van der Waals surface area contributed by atoms with Crippen molar-refractivity contribution >= 4 is 11.7 Å². The van der Waals surface area contributed by atoms with Crippen LogP contribution in [0.3, 0.4) is 0 Å². The quantitative estimate of drug-likeness (QED) is 0.479. The lowest BCUT2D eigenvalue weighted by molar-refractivity contribution is -0.142. The first kappa shape index (κ1) is 17.5. The van der Waals surface area contributed by atoms with E-state index in [0.717, 1.165) is 17.8 Å². The van der Waals surface area contributed by atoms with E-state index in [1.807, 2.05) is 31.2 Å². The molecule has 0 atom stereocenters. The number of rotatable bonds is 11. The lowest BCUT2D eigenvalue weighted by Crippen LogP contribution is -2.07. The van der Waals surface area contributed by atoms with Gasteiger partial charge in [-0.3, -0.25) is 4.79 Å². The van der Waals surface area contributed by atoms with Crippen LogP contribution in [0.4, 0.5) is 5.69 Å². The molecule has 0 aliphatic heterocycles. The van der Waals surface area contributed by atoms with Gasteiger partial charge in [0.2, 0.25) is 0 Å². The Morgan fingerprint density at radius 3 is 2.33 bits per heavy atom. The van der Waals surface area contributed by atoms with Crippen LogP contribution < -0.4 is 5.32 Å². The molecule has 0 bridgehead atoms. The molecule has 0 saturated heterocycles. The van der Waals surface area contributed by atoms with Crippen LogP contribution in [0.2, 0.25) is 0 Å². The number of ether oxygens (including phenoxy) is 1. The molecule has 118 valence electrons. The SMILES string of the molecule is CCCCCCCCNc1ccc(CC(=O)OCC)cc1. The molecule has 0 fully saturated rings. The number of esters is 1. The van der Waals surface area contributed by atoms with Gasteiger partial charge < -0.3 is 10.1 Å². The van der Waals surface area contributed by atoms with E-state index in [1.165, 1.54) is 38.5 Å². The van der Waals surface area contributed by atoms with E-state index in [4.69, 9.17) is 4.74 Å². The van der Waals surface area contributed by atoms with E-state index in [-0.39, 0.29) is 5.97 Å². The Kier molecular flexibility index (Phi) is 9.34. The third kappa shape index (κ3) is 8.38. The Hall–Kier alpha value is -1.51. The van der Waals surface area contributed by atoms with Crippen LogP contribution in [0.25, 0.3) is 0 Å². The largest absolute Gasteiger partial charge is 0.466 e. The minimum atomic E-state index is -0.162. The second-order valence-corrected chi connectivity index (χ2v) is 5.37. The summed E-state index contributed by atoms with van der Waals surface area (Å²) < 4.78 is 4.94. The lowest BCUT2D eigenvalue weighted by Gasteiger charge is -2.07. The van der Waals surface area contributed by atoms with Crippen LogP contribution in [0, 0.1) is 0 Å². The van der Waals surface area contributed by atoms with Gasteiger partial charge in [0.1, 0.15) is 0 Å². The summed E-state index contributed by atoms with van der Waals surface area (Å²) in [6, 6.07) is 8.04. The molecule has 3 heteroatoms. The average molecular weight is 291 g/mol. The average Bonchev–Trinajstić information content (AvgIpc) is 2.48. The normalized spacial score (nSPS) is 10.4. The topological polar surface area (TPSA) is 38.3 Å². The number of benzene rings is 1. The molecule has 0 spiro atoms. The van der Waals surface area contributed by atoms with Gasteiger partial charge >= 0.3 is 5.97 Å². The molecule has 1 N–H and O–H groups in total.